The van der Waals surface area contributed by atoms with E-state index in [1.165, 1.54) is 16.9 Å². The van der Waals surface area contributed by atoms with Gasteiger partial charge in [0.1, 0.15) is 5.75 Å². The lowest BCUT2D eigenvalue weighted by Crippen LogP contribution is -2.11. The van der Waals surface area contributed by atoms with Crippen LogP contribution in [-0.2, 0) is 6.42 Å². The molecule has 4 nitrogen and oxygen atoms in total. The first-order valence-electron chi connectivity index (χ1n) is 7.70. The molecule has 0 aliphatic heterocycles. The van der Waals surface area contributed by atoms with E-state index in [1.807, 2.05) is 53.9 Å². The van der Waals surface area contributed by atoms with Crippen molar-refractivity contribution in [3.8, 4) is 17.0 Å². The largest absolute Gasteiger partial charge is 0.497 e. The SMILES string of the molecule is CCc1ccc(C(=O)Nc2nc(-c3ccc(OC)cc3)cs2)cc1. The van der Waals surface area contributed by atoms with Crippen molar-refractivity contribution in [2.45, 2.75) is 13.3 Å². The Morgan fingerprint density at radius 3 is 2.46 bits per heavy atom. The average molecular weight is 338 g/mol. The molecule has 0 aliphatic carbocycles. The van der Waals surface area contributed by atoms with Crippen LogP contribution in [0.4, 0.5) is 5.13 Å². The third kappa shape index (κ3) is 3.63. The Morgan fingerprint density at radius 2 is 1.83 bits per heavy atom. The van der Waals surface area contributed by atoms with E-state index in [1.54, 1.807) is 7.11 Å². The number of nitrogens with zero attached hydrogens (tertiary/aromatic N) is 1. The molecule has 0 fully saturated rings. The van der Waals surface area contributed by atoms with Crippen LogP contribution in [0.1, 0.15) is 22.8 Å². The van der Waals surface area contributed by atoms with Gasteiger partial charge < -0.3 is 4.74 Å². The number of methoxy groups -OCH3 is 1. The number of thiazole rings is 1. The van der Waals surface area contributed by atoms with Gasteiger partial charge in [-0.15, -0.1) is 11.3 Å². The number of carbonyl (C=O) groups is 1. The van der Waals surface area contributed by atoms with E-state index < -0.39 is 0 Å². The zero-order valence-corrected chi connectivity index (χ0v) is 14.4. The van der Waals surface area contributed by atoms with E-state index in [2.05, 4.69) is 17.2 Å². The van der Waals surface area contributed by atoms with Gasteiger partial charge >= 0.3 is 0 Å². The summed E-state index contributed by atoms with van der Waals surface area (Å²) in [5, 5.41) is 5.37. The highest BCUT2D eigenvalue weighted by Gasteiger charge is 2.10. The normalized spacial score (nSPS) is 10.4. The number of benzene rings is 2. The van der Waals surface area contributed by atoms with Crippen LogP contribution in [0.5, 0.6) is 5.75 Å². The number of anilines is 1. The molecule has 2 aromatic carbocycles. The number of hydrogen-bond acceptors (Lipinski definition) is 4. The topological polar surface area (TPSA) is 51.2 Å². The minimum Gasteiger partial charge on any atom is -0.497 e. The fraction of sp³-hybridized carbons (Fsp3) is 0.158. The van der Waals surface area contributed by atoms with E-state index >= 15 is 0 Å². The van der Waals surface area contributed by atoms with Gasteiger partial charge in [-0.1, -0.05) is 19.1 Å². The first kappa shape index (κ1) is 16.2. The van der Waals surface area contributed by atoms with E-state index in [9.17, 15) is 4.79 Å². The van der Waals surface area contributed by atoms with Gasteiger partial charge in [-0.3, -0.25) is 10.1 Å². The number of hydrogen-bond donors (Lipinski definition) is 1. The molecule has 0 radical (unpaired) electrons. The Kier molecular flexibility index (Phi) is 4.91. The van der Waals surface area contributed by atoms with Crippen molar-refractivity contribution in [2.24, 2.45) is 0 Å². The second kappa shape index (κ2) is 7.27. The molecule has 0 atom stereocenters. The Morgan fingerprint density at radius 1 is 1.12 bits per heavy atom. The molecule has 0 saturated carbocycles. The summed E-state index contributed by atoms with van der Waals surface area (Å²) in [6.45, 7) is 2.09. The maximum atomic E-state index is 12.3. The van der Waals surface area contributed by atoms with Crippen LogP contribution in [0, 0.1) is 0 Å². The number of aryl methyl sites for hydroxylation is 1. The van der Waals surface area contributed by atoms with Crippen molar-refractivity contribution >= 4 is 22.4 Å². The average Bonchev–Trinajstić information content (AvgIpc) is 3.10. The summed E-state index contributed by atoms with van der Waals surface area (Å²) in [6.07, 6.45) is 0.958. The maximum absolute atomic E-state index is 12.3. The molecule has 5 heteroatoms. The summed E-state index contributed by atoms with van der Waals surface area (Å²) in [5.41, 5.74) is 3.66. The highest BCUT2D eigenvalue weighted by atomic mass is 32.1. The molecular formula is C19H18N2O2S. The van der Waals surface area contributed by atoms with Gasteiger partial charge in [0.2, 0.25) is 0 Å². The molecule has 0 saturated heterocycles. The van der Waals surface area contributed by atoms with Gasteiger partial charge in [-0.25, -0.2) is 4.98 Å². The molecule has 3 aromatic rings. The monoisotopic (exact) mass is 338 g/mol. The molecule has 3 rings (SSSR count). The highest BCUT2D eigenvalue weighted by Crippen LogP contribution is 2.26. The fourth-order valence-electron chi connectivity index (χ4n) is 2.29. The lowest BCUT2D eigenvalue weighted by Gasteiger charge is -2.03. The standard InChI is InChI=1S/C19H18N2O2S/c1-3-13-4-6-15(7-5-13)18(22)21-19-20-17(12-24-19)14-8-10-16(23-2)11-9-14/h4-12H,3H2,1-2H3,(H,20,21,22). The van der Waals surface area contributed by atoms with Crippen LogP contribution in [0.2, 0.25) is 0 Å². The van der Waals surface area contributed by atoms with Crippen LogP contribution in [0.15, 0.2) is 53.9 Å². The number of nitrogens with one attached hydrogen (secondary N) is 1. The third-order valence-electron chi connectivity index (χ3n) is 3.73. The van der Waals surface area contributed by atoms with E-state index in [4.69, 9.17) is 4.74 Å². The lowest BCUT2D eigenvalue weighted by molar-refractivity contribution is 0.102. The van der Waals surface area contributed by atoms with E-state index in [-0.39, 0.29) is 5.91 Å². The van der Waals surface area contributed by atoms with Crippen molar-refractivity contribution in [1.82, 2.24) is 4.98 Å². The number of aromatic nitrogens is 1. The predicted octanol–water partition coefficient (Wildman–Crippen LogP) is 4.63. The first-order chi connectivity index (χ1) is 11.7. The van der Waals surface area contributed by atoms with Crippen molar-refractivity contribution in [3.05, 3.63) is 65.0 Å². The van der Waals surface area contributed by atoms with Gasteiger partial charge in [-0.2, -0.15) is 0 Å². The lowest BCUT2D eigenvalue weighted by atomic mass is 10.1. The number of ether oxygens (including phenoxy) is 1. The molecule has 0 unspecified atom stereocenters. The zero-order valence-electron chi connectivity index (χ0n) is 13.6. The number of rotatable bonds is 5. The van der Waals surface area contributed by atoms with Crippen LogP contribution in [0.3, 0.4) is 0 Å². The second-order valence-electron chi connectivity index (χ2n) is 5.27. The van der Waals surface area contributed by atoms with Gasteiger partial charge in [-0.05, 0) is 48.4 Å². The van der Waals surface area contributed by atoms with Crippen molar-refractivity contribution in [1.29, 1.82) is 0 Å². The molecule has 1 aromatic heterocycles. The van der Waals surface area contributed by atoms with Crippen LogP contribution >= 0.6 is 11.3 Å². The summed E-state index contributed by atoms with van der Waals surface area (Å²) in [6, 6.07) is 15.3. The minimum atomic E-state index is -0.145. The maximum Gasteiger partial charge on any atom is 0.257 e. The number of amides is 1. The summed E-state index contributed by atoms with van der Waals surface area (Å²) < 4.78 is 5.15. The Balaban J connectivity index is 1.71. The molecule has 0 aliphatic rings. The Bertz CT molecular complexity index is 823. The van der Waals surface area contributed by atoms with Gasteiger partial charge in [0, 0.05) is 16.5 Å². The molecule has 1 heterocycles. The summed E-state index contributed by atoms with van der Waals surface area (Å²) in [4.78, 5) is 16.8. The molecule has 1 amide bonds. The van der Waals surface area contributed by atoms with Crippen molar-refractivity contribution < 1.29 is 9.53 Å². The fourth-order valence-corrected chi connectivity index (χ4v) is 3.00. The summed E-state index contributed by atoms with van der Waals surface area (Å²) >= 11 is 1.41. The zero-order chi connectivity index (χ0) is 16.9. The van der Waals surface area contributed by atoms with Gasteiger partial charge in [0.15, 0.2) is 5.13 Å². The smallest absolute Gasteiger partial charge is 0.257 e. The third-order valence-corrected chi connectivity index (χ3v) is 4.49. The molecule has 24 heavy (non-hydrogen) atoms. The van der Waals surface area contributed by atoms with Crippen molar-refractivity contribution in [2.75, 3.05) is 12.4 Å². The van der Waals surface area contributed by atoms with Crippen LogP contribution in [-0.4, -0.2) is 18.0 Å². The summed E-state index contributed by atoms with van der Waals surface area (Å²) in [7, 11) is 1.64. The van der Waals surface area contributed by atoms with Gasteiger partial charge in [0.05, 0.1) is 12.8 Å². The molecule has 1 N–H and O–H groups in total. The first-order valence-corrected chi connectivity index (χ1v) is 8.58. The number of carbonyl (C=O) groups excluding carboxylic acids is 1. The molecular weight excluding hydrogens is 320 g/mol. The Hall–Kier alpha value is -2.66. The van der Waals surface area contributed by atoms with E-state index in [0.717, 1.165) is 23.4 Å². The summed E-state index contributed by atoms with van der Waals surface area (Å²) in [5.74, 6) is 0.659. The minimum absolute atomic E-state index is 0.145. The Labute approximate surface area is 145 Å². The van der Waals surface area contributed by atoms with Gasteiger partial charge in [0.25, 0.3) is 5.91 Å². The molecule has 0 spiro atoms. The van der Waals surface area contributed by atoms with E-state index in [0.29, 0.717) is 10.7 Å². The van der Waals surface area contributed by atoms with Crippen LogP contribution < -0.4 is 10.1 Å². The highest BCUT2D eigenvalue weighted by molar-refractivity contribution is 7.14. The molecule has 0 bridgehead atoms. The quantitative estimate of drug-likeness (QED) is 0.738. The predicted molar refractivity (Wildman–Crippen MR) is 97.9 cm³/mol. The van der Waals surface area contributed by atoms with Crippen molar-refractivity contribution in [3.63, 3.8) is 0 Å². The van der Waals surface area contributed by atoms with Crippen LogP contribution in [0.25, 0.3) is 11.3 Å². The second-order valence-corrected chi connectivity index (χ2v) is 6.13. The molecule has 122 valence electrons.